The predicted octanol–water partition coefficient (Wildman–Crippen LogP) is 5.59. The minimum absolute atomic E-state index is 0.0794. The van der Waals surface area contributed by atoms with Crippen LogP contribution in [0.1, 0.15) is 55.5 Å². The third kappa shape index (κ3) is 6.16. The molecule has 1 saturated heterocycles. The summed E-state index contributed by atoms with van der Waals surface area (Å²) in [6.45, 7) is 4.48. The van der Waals surface area contributed by atoms with Crippen LogP contribution < -0.4 is 5.32 Å². The summed E-state index contributed by atoms with van der Waals surface area (Å²) >= 11 is 0. The number of imidazole rings is 2. The number of carbonyl (C=O) groups excluding carboxylic acids is 1. The first-order chi connectivity index (χ1) is 21.0. The smallest absolute Gasteiger partial charge is 0.247 e. The molecule has 10 heteroatoms. The maximum Gasteiger partial charge on any atom is 0.247 e. The first-order valence-electron chi connectivity index (χ1n) is 14.9. The van der Waals surface area contributed by atoms with Gasteiger partial charge in [0.1, 0.15) is 23.4 Å². The molecule has 0 aliphatic carbocycles. The summed E-state index contributed by atoms with van der Waals surface area (Å²) < 4.78 is 6.04. The third-order valence-electron chi connectivity index (χ3n) is 7.87. The van der Waals surface area contributed by atoms with E-state index in [1.165, 1.54) is 0 Å². The van der Waals surface area contributed by atoms with E-state index >= 15 is 0 Å². The van der Waals surface area contributed by atoms with Crippen molar-refractivity contribution in [1.82, 2.24) is 40.0 Å². The molecule has 1 aliphatic heterocycles. The van der Waals surface area contributed by atoms with Gasteiger partial charge in [0, 0.05) is 18.3 Å². The van der Waals surface area contributed by atoms with Gasteiger partial charge in [0.15, 0.2) is 5.76 Å². The monoisotopic (exact) mass is 578 g/mol. The molecule has 1 aliphatic rings. The number of likely N-dealkylation sites (tertiary alicyclic amines) is 1. The van der Waals surface area contributed by atoms with Gasteiger partial charge in [0.05, 0.1) is 30.7 Å². The van der Waals surface area contributed by atoms with Crippen LogP contribution in [0.5, 0.6) is 0 Å². The Morgan fingerprint density at radius 3 is 2.65 bits per heavy atom. The van der Waals surface area contributed by atoms with Gasteiger partial charge in [-0.05, 0) is 51.0 Å². The molecule has 0 spiro atoms. The van der Waals surface area contributed by atoms with Gasteiger partial charge in [0.25, 0.3) is 0 Å². The highest BCUT2D eigenvalue weighted by Gasteiger charge is 2.37. The van der Waals surface area contributed by atoms with Crippen molar-refractivity contribution in [3.8, 4) is 34.2 Å². The number of benzene rings is 2. The molecule has 6 rings (SSSR count). The lowest BCUT2D eigenvalue weighted by Crippen LogP contribution is -2.40. The van der Waals surface area contributed by atoms with Crippen LogP contribution in [0.25, 0.3) is 34.2 Å². The van der Waals surface area contributed by atoms with Crippen LogP contribution in [0.3, 0.4) is 0 Å². The Balaban J connectivity index is 1.14. The Hall–Kier alpha value is -4.54. The molecule has 2 aromatic carbocycles. The second-order valence-electron chi connectivity index (χ2n) is 11.2. The van der Waals surface area contributed by atoms with Gasteiger partial charge in [-0.25, -0.2) is 15.0 Å². The van der Waals surface area contributed by atoms with Gasteiger partial charge >= 0.3 is 0 Å². The van der Waals surface area contributed by atoms with E-state index in [1.54, 1.807) is 6.20 Å². The largest absolute Gasteiger partial charge is 0.435 e. The molecular formula is C33H38N8O2. The summed E-state index contributed by atoms with van der Waals surface area (Å²) in [6, 6.07) is 17.7. The van der Waals surface area contributed by atoms with Crippen molar-refractivity contribution >= 4 is 5.91 Å². The molecule has 4 heterocycles. The quantitative estimate of drug-likeness (QED) is 0.175. The number of hydrogen-bond acceptors (Lipinski definition) is 7. The van der Waals surface area contributed by atoms with Gasteiger partial charge in [0.2, 0.25) is 11.8 Å². The fourth-order valence-electron chi connectivity index (χ4n) is 5.71. The number of amides is 1. The van der Waals surface area contributed by atoms with Crippen molar-refractivity contribution in [2.75, 3.05) is 27.2 Å². The van der Waals surface area contributed by atoms with Crippen molar-refractivity contribution in [3.05, 3.63) is 90.4 Å². The molecule has 1 amide bonds. The highest BCUT2D eigenvalue weighted by Crippen LogP contribution is 2.35. The van der Waals surface area contributed by atoms with E-state index in [0.717, 1.165) is 66.4 Å². The summed E-state index contributed by atoms with van der Waals surface area (Å²) in [7, 11) is 3.91. The van der Waals surface area contributed by atoms with Crippen LogP contribution in [0.4, 0.5) is 0 Å². The molecule has 3 N–H and O–H groups in total. The summed E-state index contributed by atoms with van der Waals surface area (Å²) in [4.78, 5) is 38.2. The number of nitrogens with zero attached hydrogens (tertiary/aromatic N) is 5. The van der Waals surface area contributed by atoms with Gasteiger partial charge in [-0.2, -0.15) is 0 Å². The van der Waals surface area contributed by atoms with Gasteiger partial charge in [-0.15, -0.1) is 0 Å². The highest BCUT2D eigenvalue weighted by molar-refractivity contribution is 5.84. The van der Waals surface area contributed by atoms with Crippen LogP contribution in [-0.4, -0.2) is 67.8 Å². The van der Waals surface area contributed by atoms with Crippen molar-refractivity contribution in [1.29, 1.82) is 0 Å². The SMILES string of the molecule is CCCNCc1nc(-c2ncc(-c3ccc(-c4cnc([C@@H]5CCCN5C(=O)[C@@H](c5ccccc5)N(C)C)[nH]4)cc3)o2)c[nH]1. The second kappa shape index (κ2) is 12.8. The molecule has 3 aromatic heterocycles. The third-order valence-corrected chi connectivity index (χ3v) is 7.87. The lowest BCUT2D eigenvalue weighted by molar-refractivity contribution is -0.137. The molecule has 0 radical (unpaired) electrons. The zero-order chi connectivity index (χ0) is 29.8. The second-order valence-corrected chi connectivity index (χ2v) is 11.2. The summed E-state index contributed by atoms with van der Waals surface area (Å²) in [5.41, 5.74) is 4.51. The van der Waals surface area contributed by atoms with Crippen LogP contribution in [0, 0.1) is 0 Å². The van der Waals surface area contributed by atoms with Gasteiger partial charge in [-0.1, -0.05) is 61.5 Å². The van der Waals surface area contributed by atoms with Crippen molar-refractivity contribution < 1.29 is 9.21 Å². The first kappa shape index (κ1) is 28.6. The molecule has 222 valence electrons. The molecule has 1 fully saturated rings. The first-order valence-corrected chi connectivity index (χ1v) is 14.9. The molecule has 0 bridgehead atoms. The summed E-state index contributed by atoms with van der Waals surface area (Å²) in [5, 5.41) is 3.33. The highest BCUT2D eigenvalue weighted by atomic mass is 16.4. The predicted molar refractivity (Wildman–Crippen MR) is 166 cm³/mol. The normalized spacial score (nSPS) is 15.8. The Kier molecular flexibility index (Phi) is 8.48. The number of nitrogens with one attached hydrogen (secondary N) is 3. The fourth-order valence-corrected chi connectivity index (χ4v) is 5.71. The molecule has 10 nitrogen and oxygen atoms in total. The number of hydrogen-bond donors (Lipinski definition) is 3. The Labute approximate surface area is 251 Å². The lowest BCUT2D eigenvalue weighted by Gasteiger charge is -2.31. The minimum atomic E-state index is -0.335. The van der Waals surface area contributed by atoms with E-state index in [9.17, 15) is 4.79 Å². The molecule has 2 atom stereocenters. The Morgan fingerprint density at radius 1 is 1.09 bits per heavy atom. The maximum atomic E-state index is 13.8. The lowest BCUT2D eigenvalue weighted by atomic mass is 10.0. The molecule has 43 heavy (non-hydrogen) atoms. The van der Waals surface area contributed by atoms with Crippen LogP contribution >= 0.6 is 0 Å². The zero-order valence-electron chi connectivity index (χ0n) is 24.9. The van der Waals surface area contributed by atoms with Gasteiger partial charge < -0.3 is 24.6 Å². The Bertz CT molecular complexity index is 1640. The van der Waals surface area contributed by atoms with Gasteiger partial charge in [-0.3, -0.25) is 9.69 Å². The van der Waals surface area contributed by atoms with Crippen LogP contribution in [0.15, 0.2) is 77.6 Å². The average molecular weight is 579 g/mol. The van der Waals surface area contributed by atoms with Crippen molar-refractivity contribution in [3.63, 3.8) is 0 Å². The van der Waals surface area contributed by atoms with Crippen molar-refractivity contribution in [2.45, 2.75) is 44.8 Å². The number of aromatic nitrogens is 5. The summed E-state index contributed by atoms with van der Waals surface area (Å²) in [5.74, 6) is 2.93. The standard InChI is InChI=1S/C33H38N8O2/c1-4-16-34-21-29-35-19-26(38-29)32-37-20-28(43-32)23-14-12-22(13-15-23)25-18-36-31(39-25)27-11-8-17-41(27)33(42)30(40(2)3)24-9-6-5-7-10-24/h5-7,9-10,12-15,18-20,27,30,34H,4,8,11,16-17,21H2,1-3H3,(H,35,38)(H,36,39)/t27-,30+/m0/s1. The van der Waals surface area contributed by atoms with Crippen LogP contribution in [-0.2, 0) is 11.3 Å². The number of likely N-dealkylation sites (N-methyl/N-ethyl adjacent to an activating group) is 1. The Morgan fingerprint density at radius 2 is 1.88 bits per heavy atom. The number of carbonyl (C=O) groups is 1. The van der Waals surface area contributed by atoms with E-state index in [-0.39, 0.29) is 18.0 Å². The van der Waals surface area contributed by atoms with E-state index in [2.05, 4.69) is 32.2 Å². The van der Waals surface area contributed by atoms with Crippen LogP contribution in [0.2, 0.25) is 0 Å². The number of rotatable bonds is 11. The number of H-pyrrole nitrogens is 2. The molecule has 0 saturated carbocycles. The molecular weight excluding hydrogens is 540 g/mol. The van der Waals surface area contributed by atoms with E-state index in [0.29, 0.717) is 23.9 Å². The van der Waals surface area contributed by atoms with E-state index in [1.807, 2.05) is 90.9 Å². The van der Waals surface area contributed by atoms with Crippen molar-refractivity contribution in [2.24, 2.45) is 0 Å². The fraction of sp³-hybridized carbons (Fsp3) is 0.333. The number of oxazole rings is 1. The summed E-state index contributed by atoms with van der Waals surface area (Å²) in [6.07, 6.45) is 8.30. The molecule has 5 aromatic rings. The number of aromatic amines is 2. The zero-order valence-corrected chi connectivity index (χ0v) is 24.9. The molecule has 0 unspecified atom stereocenters. The average Bonchev–Trinajstić information content (AvgIpc) is 3.84. The maximum absolute atomic E-state index is 13.8. The van der Waals surface area contributed by atoms with E-state index in [4.69, 9.17) is 9.40 Å². The topological polar surface area (TPSA) is 119 Å². The van der Waals surface area contributed by atoms with E-state index < -0.39 is 0 Å². The minimum Gasteiger partial charge on any atom is -0.435 e.